The quantitative estimate of drug-likeness (QED) is 0.399. The number of hydrogen-bond acceptors (Lipinski definition) is 5. The van der Waals surface area contributed by atoms with E-state index in [1.165, 1.54) is 12.7 Å². The minimum Gasteiger partial charge on any atom is -0.493 e. The van der Waals surface area contributed by atoms with E-state index in [0.29, 0.717) is 34.9 Å². The Bertz CT molecular complexity index is 1350. The Hall–Kier alpha value is -4.13. The summed E-state index contributed by atoms with van der Waals surface area (Å²) >= 11 is 0. The topological polar surface area (TPSA) is 78.8 Å². The SMILES string of the molecule is COc1cc(C(=O)N=c2ccccn2Cc2ccc(C)cc2)ccc1OCc1c(C)noc1C. The van der Waals surface area contributed by atoms with Gasteiger partial charge in [-0.1, -0.05) is 41.1 Å². The maximum Gasteiger partial charge on any atom is 0.279 e. The highest BCUT2D eigenvalue weighted by atomic mass is 16.5. The fourth-order valence-corrected chi connectivity index (χ4v) is 3.54. The van der Waals surface area contributed by atoms with Crippen LogP contribution in [0.4, 0.5) is 0 Å². The number of methoxy groups -OCH3 is 1. The van der Waals surface area contributed by atoms with Crippen LogP contribution >= 0.6 is 0 Å². The van der Waals surface area contributed by atoms with Crippen molar-refractivity contribution in [1.82, 2.24) is 9.72 Å². The Morgan fingerprint density at radius 2 is 1.82 bits per heavy atom. The lowest BCUT2D eigenvalue weighted by Crippen LogP contribution is -2.22. The van der Waals surface area contributed by atoms with Crippen molar-refractivity contribution in [2.45, 2.75) is 33.9 Å². The number of rotatable bonds is 7. The van der Waals surface area contributed by atoms with Gasteiger partial charge in [-0.3, -0.25) is 4.79 Å². The highest BCUT2D eigenvalue weighted by Crippen LogP contribution is 2.29. The lowest BCUT2D eigenvalue weighted by Gasteiger charge is -2.11. The van der Waals surface area contributed by atoms with Crippen molar-refractivity contribution in [3.8, 4) is 11.5 Å². The molecule has 0 spiro atoms. The number of benzene rings is 2. The van der Waals surface area contributed by atoms with Gasteiger partial charge >= 0.3 is 0 Å². The largest absolute Gasteiger partial charge is 0.493 e. The van der Waals surface area contributed by atoms with E-state index in [0.717, 1.165) is 16.8 Å². The summed E-state index contributed by atoms with van der Waals surface area (Å²) in [6.07, 6.45) is 1.91. The number of carbonyl (C=O) groups excluding carboxylic acids is 1. The molecule has 0 radical (unpaired) electrons. The van der Waals surface area contributed by atoms with Crippen molar-refractivity contribution in [1.29, 1.82) is 0 Å². The van der Waals surface area contributed by atoms with Crippen LogP contribution in [0.1, 0.15) is 38.5 Å². The van der Waals surface area contributed by atoms with Gasteiger partial charge < -0.3 is 18.6 Å². The normalized spacial score (nSPS) is 11.5. The summed E-state index contributed by atoms with van der Waals surface area (Å²) in [5, 5.41) is 3.94. The number of pyridine rings is 1. The van der Waals surface area contributed by atoms with Crippen molar-refractivity contribution >= 4 is 5.91 Å². The van der Waals surface area contributed by atoms with E-state index >= 15 is 0 Å². The standard InChI is InChI=1S/C27H27N3O4/c1-18-8-10-21(11-9-18)16-30-14-6-5-7-26(30)28-27(31)22-12-13-24(25(15-22)32-4)33-17-23-19(2)29-34-20(23)3/h5-15H,16-17H2,1-4H3. The van der Waals surface area contributed by atoms with Crippen LogP contribution in [-0.4, -0.2) is 22.7 Å². The number of aryl methyl sites for hydroxylation is 3. The molecule has 0 unspecified atom stereocenters. The molecule has 2 aromatic heterocycles. The first-order valence-corrected chi connectivity index (χ1v) is 11.0. The summed E-state index contributed by atoms with van der Waals surface area (Å²) in [4.78, 5) is 17.3. The van der Waals surface area contributed by atoms with Crippen LogP contribution in [-0.2, 0) is 13.2 Å². The first-order valence-electron chi connectivity index (χ1n) is 11.0. The second kappa shape index (κ2) is 10.2. The summed E-state index contributed by atoms with van der Waals surface area (Å²) in [5.74, 6) is 1.32. The van der Waals surface area contributed by atoms with Gasteiger partial charge in [0.25, 0.3) is 5.91 Å². The summed E-state index contributed by atoms with van der Waals surface area (Å²) in [6.45, 7) is 6.67. The van der Waals surface area contributed by atoms with Gasteiger partial charge in [0, 0.05) is 18.3 Å². The molecule has 174 valence electrons. The van der Waals surface area contributed by atoms with Crippen LogP contribution in [0.25, 0.3) is 0 Å². The number of aromatic nitrogens is 2. The van der Waals surface area contributed by atoms with E-state index in [9.17, 15) is 4.79 Å². The molecule has 4 rings (SSSR count). The third-order valence-electron chi connectivity index (χ3n) is 5.57. The zero-order valence-electron chi connectivity index (χ0n) is 19.7. The van der Waals surface area contributed by atoms with Gasteiger partial charge in [-0.15, -0.1) is 0 Å². The molecule has 0 atom stereocenters. The van der Waals surface area contributed by atoms with E-state index in [4.69, 9.17) is 14.0 Å². The second-order valence-electron chi connectivity index (χ2n) is 8.05. The van der Waals surface area contributed by atoms with Crippen LogP contribution in [0.2, 0.25) is 0 Å². The van der Waals surface area contributed by atoms with E-state index in [1.54, 1.807) is 18.2 Å². The van der Waals surface area contributed by atoms with E-state index in [2.05, 4.69) is 41.3 Å². The Morgan fingerprint density at radius 3 is 2.53 bits per heavy atom. The van der Waals surface area contributed by atoms with Gasteiger partial charge in [0.1, 0.15) is 17.9 Å². The first-order chi connectivity index (χ1) is 16.4. The molecule has 2 heterocycles. The fraction of sp³-hybridized carbons (Fsp3) is 0.222. The van der Waals surface area contributed by atoms with Gasteiger partial charge in [0.15, 0.2) is 11.5 Å². The molecule has 0 bridgehead atoms. The van der Waals surface area contributed by atoms with Crippen molar-refractivity contribution in [2.75, 3.05) is 7.11 Å². The van der Waals surface area contributed by atoms with Crippen LogP contribution in [0.3, 0.4) is 0 Å². The van der Waals surface area contributed by atoms with Crippen LogP contribution in [0, 0.1) is 20.8 Å². The highest BCUT2D eigenvalue weighted by Gasteiger charge is 2.14. The number of ether oxygens (including phenoxy) is 2. The molecule has 2 aromatic carbocycles. The molecule has 0 aliphatic rings. The Kier molecular flexibility index (Phi) is 6.92. The molecule has 0 fully saturated rings. The first kappa shape index (κ1) is 23.0. The highest BCUT2D eigenvalue weighted by molar-refractivity contribution is 5.95. The molecular weight excluding hydrogens is 430 g/mol. The van der Waals surface area contributed by atoms with Crippen LogP contribution in [0.5, 0.6) is 11.5 Å². The predicted molar refractivity (Wildman–Crippen MR) is 128 cm³/mol. The smallest absolute Gasteiger partial charge is 0.279 e. The lowest BCUT2D eigenvalue weighted by atomic mass is 10.1. The maximum atomic E-state index is 13.0. The van der Waals surface area contributed by atoms with Gasteiger partial charge in [-0.25, -0.2) is 0 Å². The van der Waals surface area contributed by atoms with E-state index in [1.807, 2.05) is 42.8 Å². The van der Waals surface area contributed by atoms with E-state index in [-0.39, 0.29) is 12.5 Å². The number of nitrogens with zero attached hydrogens (tertiary/aromatic N) is 3. The van der Waals surface area contributed by atoms with Crippen molar-refractivity contribution in [3.63, 3.8) is 0 Å². The van der Waals surface area contributed by atoms with Gasteiger partial charge in [-0.2, -0.15) is 4.99 Å². The van der Waals surface area contributed by atoms with Gasteiger partial charge in [-0.05, 0) is 56.7 Å². The zero-order chi connectivity index (χ0) is 24.1. The second-order valence-corrected chi connectivity index (χ2v) is 8.05. The van der Waals surface area contributed by atoms with Crippen molar-refractivity contribution in [3.05, 3.63) is 106 Å². The molecule has 1 amide bonds. The molecular formula is C27H27N3O4. The summed E-state index contributed by atoms with van der Waals surface area (Å²) < 4.78 is 18.5. The molecule has 34 heavy (non-hydrogen) atoms. The Balaban J connectivity index is 1.56. The average molecular weight is 458 g/mol. The monoisotopic (exact) mass is 457 g/mol. The molecule has 0 aliphatic heterocycles. The number of hydrogen-bond donors (Lipinski definition) is 0. The number of amides is 1. The third-order valence-corrected chi connectivity index (χ3v) is 5.57. The fourth-order valence-electron chi connectivity index (χ4n) is 3.54. The van der Waals surface area contributed by atoms with Crippen LogP contribution < -0.4 is 15.0 Å². The molecule has 7 nitrogen and oxygen atoms in total. The minimum atomic E-state index is -0.362. The predicted octanol–water partition coefficient (Wildman–Crippen LogP) is 4.78. The average Bonchev–Trinajstić information content (AvgIpc) is 3.17. The van der Waals surface area contributed by atoms with Gasteiger partial charge in [0.2, 0.25) is 0 Å². The molecule has 0 saturated carbocycles. The minimum absolute atomic E-state index is 0.290. The zero-order valence-corrected chi connectivity index (χ0v) is 19.7. The molecule has 0 saturated heterocycles. The number of carbonyl (C=O) groups is 1. The third kappa shape index (κ3) is 5.26. The van der Waals surface area contributed by atoms with E-state index < -0.39 is 0 Å². The molecule has 0 aliphatic carbocycles. The molecule has 0 N–H and O–H groups in total. The molecule has 4 aromatic rings. The summed E-state index contributed by atoms with van der Waals surface area (Å²) in [7, 11) is 1.54. The van der Waals surface area contributed by atoms with Crippen LogP contribution in [0.15, 0.2) is 76.4 Å². The Morgan fingerprint density at radius 1 is 1.03 bits per heavy atom. The maximum absolute atomic E-state index is 13.0. The molecule has 7 heteroatoms. The Labute approximate surface area is 198 Å². The van der Waals surface area contributed by atoms with Crippen molar-refractivity contribution < 1.29 is 18.8 Å². The summed E-state index contributed by atoms with van der Waals surface area (Å²) in [6, 6.07) is 18.9. The van der Waals surface area contributed by atoms with Crippen molar-refractivity contribution in [2.24, 2.45) is 4.99 Å². The van der Waals surface area contributed by atoms with Gasteiger partial charge in [0.05, 0.1) is 18.4 Å². The summed E-state index contributed by atoms with van der Waals surface area (Å²) in [5.41, 5.74) is 4.99. The lowest BCUT2D eigenvalue weighted by molar-refractivity contribution is 0.0996.